The van der Waals surface area contributed by atoms with Crippen LogP contribution in [0.15, 0.2) is 78.9 Å². The third kappa shape index (κ3) is 8.53. The molecule has 174 valence electrons. The van der Waals surface area contributed by atoms with E-state index in [2.05, 4.69) is 12.2 Å². The molecule has 3 rings (SSSR count). The van der Waals surface area contributed by atoms with Crippen LogP contribution in [0.4, 0.5) is 5.69 Å². The van der Waals surface area contributed by atoms with Crippen LogP contribution in [0.5, 0.6) is 17.2 Å². The summed E-state index contributed by atoms with van der Waals surface area (Å²) in [6.07, 6.45) is 6.01. The van der Waals surface area contributed by atoms with Crippen LogP contribution in [-0.4, -0.2) is 25.7 Å². The van der Waals surface area contributed by atoms with Gasteiger partial charge in [-0.05, 0) is 55.0 Å². The molecule has 0 aliphatic rings. The molecule has 0 aliphatic heterocycles. The standard InChI is InChI=1S/C28H33NO4/c1-2-3-4-5-11-20-31-25-18-16-23(17-19-25)28(30)29-26-14-9-10-15-27(26)33-22-21-32-24-12-7-6-8-13-24/h6-10,12-19H,2-5,11,20-22H2,1H3,(H,29,30). The Hall–Kier alpha value is -3.47. The van der Waals surface area contributed by atoms with Crippen molar-refractivity contribution in [2.45, 2.75) is 39.0 Å². The molecule has 0 unspecified atom stereocenters. The van der Waals surface area contributed by atoms with Crippen molar-refractivity contribution in [3.05, 3.63) is 84.4 Å². The van der Waals surface area contributed by atoms with Gasteiger partial charge in [0, 0.05) is 5.56 Å². The number of hydrogen-bond acceptors (Lipinski definition) is 4. The van der Waals surface area contributed by atoms with E-state index in [4.69, 9.17) is 14.2 Å². The van der Waals surface area contributed by atoms with Gasteiger partial charge in [-0.15, -0.1) is 0 Å². The van der Waals surface area contributed by atoms with Crippen molar-refractivity contribution in [3.8, 4) is 17.2 Å². The molecule has 1 N–H and O–H groups in total. The van der Waals surface area contributed by atoms with Crippen molar-refractivity contribution >= 4 is 11.6 Å². The first kappa shape index (κ1) is 24.2. The molecule has 0 saturated carbocycles. The van der Waals surface area contributed by atoms with Crippen LogP contribution in [0.3, 0.4) is 0 Å². The van der Waals surface area contributed by atoms with Crippen molar-refractivity contribution in [3.63, 3.8) is 0 Å². The van der Waals surface area contributed by atoms with Gasteiger partial charge in [0.05, 0.1) is 12.3 Å². The Morgan fingerprint density at radius 2 is 1.30 bits per heavy atom. The number of unbranched alkanes of at least 4 members (excludes halogenated alkanes) is 4. The highest BCUT2D eigenvalue weighted by Gasteiger charge is 2.10. The van der Waals surface area contributed by atoms with Crippen LogP contribution in [0.25, 0.3) is 0 Å². The number of anilines is 1. The minimum Gasteiger partial charge on any atom is -0.494 e. The molecule has 0 spiro atoms. The summed E-state index contributed by atoms with van der Waals surface area (Å²) in [6.45, 7) is 3.69. The number of hydrogen-bond donors (Lipinski definition) is 1. The van der Waals surface area contributed by atoms with Gasteiger partial charge < -0.3 is 19.5 Å². The van der Waals surface area contributed by atoms with E-state index >= 15 is 0 Å². The van der Waals surface area contributed by atoms with Crippen molar-refractivity contribution in [2.24, 2.45) is 0 Å². The summed E-state index contributed by atoms with van der Waals surface area (Å²) < 4.78 is 17.3. The fourth-order valence-electron chi connectivity index (χ4n) is 3.32. The molecule has 1 amide bonds. The highest BCUT2D eigenvalue weighted by molar-refractivity contribution is 6.05. The van der Waals surface area contributed by atoms with Crippen molar-refractivity contribution < 1.29 is 19.0 Å². The topological polar surface area (TPSA) is 56.8 Å². The molecule has 5 heteroatoms. The summed E-state index contributed by atoms with van der Waals surface area (Å²) in [7, 11) is 0. The number of carbonyl (C=O) groups is 1. The Bertz CT molecular complexity index is 957. The van der Waals surface area contributed by atoms with Gasteiger partial charge in [-0.1, -0.05) is 62.9 Å². The number of benzene rings is 3. The second-order valence-electron chi connectivity index (χ2n) is 7.75. The summed E-state index contributed by atoms with van der Waals surface area (Å²) in [6, 6.07) is 24.2. The molecule has 0 fully saturated rings. The number of carbonyl (C=O) groups excluding carboxylic acids is 1. The van der Waals surface area contributed by atoms with Crippen LogP contribution in [0.2, 0.25) is 0 Å². The first-order valence-electron chi connectivity index (χ1n) is 11.7. The zero-order chi connectivity index (χ0) is 23.1. The first-order valence-corrected chi connectivity index (χ1v) is 11.7. The van der Waals surface area contributed by atoms with E-state index < -0.39 is 0 Å². The van der Waals surface area contributed by atoms with Gasteiger partial charge in [-0.3, -0.25) is 4.79 Å². The quantitative estimate of drug-likeness (QED) is 0.278. The maximum atomic E-state index is 12.7. The van der Waals surface area contributed by atoms with E-state index in [9.17, 15) is 4.79 Å². The number of nitrogens with one attached hydrogen (secondary N) is 1. The monoisotopic (exact) mass is 447 g/mol. The van der Waals surface area contributed by atoms with Crippen molar-refractivity contribution in [1.29, 1.82) is 0 Å². The molecule has 3 aromatic carbocycles. The molecule has 5 nitrogen and oxygen atoms in total. The summed E-state index contributed by atoms with van der Waals surface area (Å²) in [5.41, 5.74) is 1.18. The molecule has 33 heavy (non-hydrogen) atoms. The van der Waals surface area contributed by atoms with Gasteiger partial charge in [-0.25, -0.2) is 0 Å². The minimum absolute atomic E-state index is 0.197. The maximum Gasteiger partial charge on any atom is 0.255 e. The van der Waals surface area contributed by atoms with E-state index in [1.165, 1.54) is 25.7 Å². The maximum absolute atomic E-state index is 12.7. The average Bonchev–Trinajstić information content (AvgIpc) is 2.86. The first-order chi connectivity index (χ1) is 16.3. The van der Waals surface area contributed by atoms with E-state index in [1.54, 1.807) is 12.1 Å². The van der Waals surface area contributed by atoms with E-state index in [0.29, 0.717) is 36.8 Å². The molecule has 3 aromatic rings. The smallest absolute Gasteiger partial charge is 0.255 e. The highest BCUT2D eigenvalue weighted by Crippen LogP contribution is 2.25. The highest BCUT2D eigenvalue weighted by atomic mass is 16.5. The predicted molar refractivity (Wildman–Crippen MR) is 133 cm³/mol. The zero-order valence-corrected chi connectivity index (χ0v) is 19.3. The van der Waals surface area contributed by atoms with Crippen LogP contribution in [0, 0.1) is 0 Å². The minimum atomic E-state index is -0.197. The molecule has 0 heterocycles. The van der Waals surface area contributed by atoms with Crippen molar-refractivity contribution in [1.82, 2.24) is 0 Å². The van der Waals surface area contributed by atoms with Gasteiger partial charge in [0.2, 0.25) is 0 Å². The Kier molecular flexibility index (Phi) is 10.1. The van der Waals surface area contributed by atoms with E-state index in [1.807, 2.05) is 66.7 Å². The van der Waals surface area contributed by atoms with Gasteiger partial charge in [-0.2, -0.15) is 0 Å². The lowest BCUT2D eigenvalue weighted by molar-refractivity contribution is 0.102. The zero-order valence-electron chi connectivity index (χ0n) is 19.3. The molecule has 0 atom stereocenters. The molecule has 0 saturated heterocycles. The Morgan fingerprint density at radius 3 is 2.09 bits per heavy atom. The van der Waals surface area contributed by atoms with Gasteiger partial charge in [0.25, 0.3) is 5.91 Å². The predicted octanol–water partition coefficient (Wildman–Crippen LogP) is 6.75. The number of amides is 1. The van der Waals surface area contributed by atoms with Gasteiger partial charge in [0.1, 0.15) is 30.5 Å². The Labute approximate surface area is 196 Å². The fraction of sp³-hybridized carbons (Fsp3) is 0.321. The second-order valence-corrected chi connectivity index (χ2v) is 7.75. The number of ether oxygens (including phenoxy) is 3. The molecule has 0 aliphatic carbocycles. The fourth-order valence-corrected chi connectivity index (χ4v) is 3.32. The van der Waals surface area contributed by atoms with E-state index in [0.717, 1.165) is 17.9 Å². The lowest BCUT2D eigenvalue weighted by Gasteiger charge is -2.13. The summed E-state index contributed by atoms with van der Waals surface area (Å²) in [5, 5.41) is 2.93. The molecule has 0 bridgehead atoms. The largest absolute Gasteiger partial charge is 0.494 e. The normalized spacial score (nSPS) is 10.5. The summed E-state index contributed by atoms with van der Waals surface area (Å²) in [5.74, 6) is 1.99. The number of para-hydroxylation sites is 3. The Balaban J connectivity index is 1.45. The molecular weight excluding hydrogens is 414 g/mol. The van der Waals surface area contributed by atoms with Crippen LogP contribution >= 0.6 is 0 Å². The van der Waals surface area contributed by atoms with Crippen molar-refractivity contribution in [2.75, 3.05) is 25.1 Å². The number of rotatable bonds is 14. The molecule has 0 aromatic heterocycles. The SMILES string of the molecule is CCCCCCCOc1ccc(C(=O)Nc2ccccc2OCCOc2ccccc2)cc1. The Morgan fingerprint density at radius 1 is 0.667 bits per heavy atom. The van der Waals surface area contributed by atoms with Crippen LogP contribution in [0.1, 0.15) is 49.4 Å². The average molecular weight is 448 g/mol. The third-order valence-corrected chi connectivity index (χ3v) is 5.12. The second kappa shape index (κ2) is 13.8. The molecule has 0 radical (unpaired) electrons. The lowest BCUT2D eigenvalue weighted by Crippen LogP contribution is -2.14. The summed E-state index contributed by atoms with van der Waals surface area (Å²) >= 11 is 0. The van der Waals surface area contributed by atoms with E-state index in [-0.39, 0.29) is 5.91 Å². The lowest BCUT2D eigenvalue weighted by atomic mass is 10.1. The third-order valence-electron chi connectivity index (χ3n) is 5.12. The van der Waals surface area contributed by atoms with Crippen LogP contribution < -0.4 is 19.5 Å². The van der Waals surface area contributed by atoms with Crippen LogP contribution in [-0.2, 0) is 0 Å². The van der Waals surface area contributed by atoms with Gasteiger partial charge >= 0.3 is 0 Å². The van der Waals surface area contributed by atoms with Gasteiger partial charge in [0.15, 0.2) is 0 Å². The molecular formula is C28H33NO4. The summed E-state index contributed by atoms with van der Waals surface area (Å²) in [4.78, 5) is 12.7.